The van der Waals surface area contributed by atoms with E-state index in [-0.39, 0.29) is 6.61 Å². The molecule has 0 fully saturated rings. The maximum Gasteiger partial charge on any atom is 0.248 e. The first-order valence-electron chi connectivity index (χ1n) is 10.8. The first-order valence-corrected chi connectivity index (χ1v) is 10.8. The van der Waals surface area contributed by atoms with Gasteiger partial charge in [0, 0.05) is 18.2 Å². The summed E-state index contributed by atoms with van der Waals surface area (Å²) in [6, 6.07) is 6.62. The Morgan fingerprint density at radius 3 is 2.27 bits per heavy atom. The van der Waals surface area contributed by atoms with Crippen molar-refractivity contribution in [1.29, 1.82) is 0 Å². The van der Waals surface area contributed by atoms with Crippen LogP contribution in [0.4, 0.5) is 0 Å². The Bertz CT molecular complexity index is 534. The van der Waals surface area contributed by atoms with Crippen LogP contribution in [0.1, 0.15) is 71.7 Å². The molecular weight excluding hydrogens is 380 g/mol. The predicted molar refractivity (Wildman–Crippen MR) is 128 cm³/mol. The summed E-state index contributed by atoms with van der Waals surface area (Å²) in [6.45, 7) is 18.8. The first-order chi connectivity index (χ1) is 14.3. The minimum Gasteiger partial charge on any atom is -0.488 e. The van der Waals surface area contributed by atoms with E-state index in [1.165, 1.54) is 20.0 Å². The van der Waals surface area contributed by atoms with Crippen molar-refractivity contribution in [2.24, 2.45) is 5.73 Å². The van der Waals surface area contributed by atoms with Crippen LogP contribution in [0.25, 0.3) is 0 Å². The number of benzene rings is 1. The van der Waals surface area contributed by atoms with Gasteiger partial charge in [0.05, 0.1) is 6.61 Å². The van der Waals surface area contributed by atoms with Crippen molar-refractivity contribution in [2.45, 2.75) is 73.1 Å². The van der Waals surface area contributed by atoms with Crippen molar-refractivity contribution in [3.63, 3.8) is 0 Å². The van der Waals surface area contributed by atoms with Gasteiger partial charge in [-0.05, 0) is 45.5 Å². The average Bonchev–Trinajstić information content (AvgIpc) is 2.77. The van der Waals surface area contributed by atoms with Gasteiger partial charge in [0.15, 0.2) is 6.29 Å². The topological polar surface area (TPSA) is 82.8 Å². The zero-order chi connectivity index (χ0) is 24.0. The Morgan fingerprint density at radius 1 is 1.27 bits per heavy atom. The van der Waals surface area contributed by atoms with E-state index in [1.807, 2.05) is 34.7 Å². The maximum absolute atomic E-state index is 11.0. The molecule has 3 N–H and O–H groups in total. The fraction of sp³-hybridized carbons (Fsp3) is 0.625. The SMILES string of the molecule is C=CCOC(COc1cccc(C(N)=O)c1)OC.CC.CC.CCCC(C)(C)NC. The highest BCUT2D eigenvalue weighted by Gasteiger charge is 2.11. The molecule has 6 heteroatoms. The zero-order valence-electron chi connectivity index (χ0n) is 20.7. The average molecular weight is 427 g/mol. The summed E-state index contributed by atoms with van der Waals surface area (Å²) in [5.74, 6) is 0.0437. The molecule has 1 rings (SSSR count). The fourth-order valence-electron chi connectivity index (χ4n) is 2.01. The second-order valence-electron chi connectivity index (χ2n) is 6.37. The van der Waals surface area contributed by atoms with Crippen LogP contribution in [0, 0.1) is 0 Å². The Hall–Kier alpha value is -1.89. The molecule has 0 bridgehead atoms. The number of nitrogens with two attached hydrogens (primary N) is 1. The largest absolute Gasteiger partial charge is 0.488 e. The van der Waals surface area contributed by atoms with Crippen LogP contribution in [0.3, 0.4) is 0 Å². The van der Waals surface area contributed by atoms with E-state index >= 15 is 0 Å². The van der Waals surface area contributed by atoms with Gasteiger partial charge in [-0.25, -0.2) is 0 Å². The van der Waals surface area contributed by atoms with E-state index in [2.05, 4.69) is 32.7 Å². The highest BCUT2D eigenvalue weighted by Crippen LogP contribution is 2.13. The minimum atomic E-state index is -0.494. The minimum absolute atomic E-state index is 0.215. The van der Waals surface area contributed by atoms with Crippen molar-refractivity contribution in [1.82, 2.24) is 5.32 Å². The fourth-order valence-corrected chi connectivity index (χ4v) is 2.01. The number of hydrogen-bond donors (Lipinski definition) is 2. The van der Waals surface area contributed by atoms with Gasteiger partial charge < -0.3 is 25.3 Å². The molecule has 1 atom stereocenters. The number of rotatable bonds is 11. The number of methoxy groups -OCH3 is 1. The van der Waals surface area contributed by atoms with Crippen LogP contribution >= 0.6 is 0 Å². The van der Waals surface area contributed by atoms with Gasteiger partial charge in [0.2, 0.25) is 5.91 Å². The van der Waals surface area contributed by atoms with Crippen molar-refractivity contribution in [3.8, 4) is 5.75 Å². The van der Waals surface area contributed by atoms with Crippen molar-refractivity contribution in [3.05, 3.63) is 42.5 Å². The Labute approximate surface area is 185 Å². The quantitative estimate of drug-likeness (QED) is 0.376. The van der Waals surface area contributed by atoms with Gasteiger partial charge in [-0.15, -0.1) is 6.58 Å². The van der Waals surface area contributed by atoms with E-state index in [4.69, 9.17) is 19.9 Å². The molecule has 0 heterocycles. The second-order valence-corrected chi connectivity index (χ2v) is 6.37. The Kier molecular flexibility index (Phi) is 23.8. The molecule has 0 aliphatic carbocycles. The van der Waals surface area contributed by atoms with E-state index < -0.39 is 12.2 Å². The molecule has 0 aromatic heterocycles. The molecular formula is C24H46N2O4. The molecule has 1 aromatic carbocycles. The van der Waals surface area contributed by atoms with Crippen LogP contribution in [-0.2, 0) is 9.47 Å². The van der Waals surface area contributed by atoms with Gasteiger partial charge in [-0.2, -0.15) is 0 Å². The number of carbonyl (C=O) groups is 1. The third-order valence-corrected chi connectivity index (χ3v) is 3.72. The molecule has 0 aliphatic heterocycles. The third-order valence-electron chi connectivity index (χ3n) is 3.72. The molecule has 1 unspecified atom stereocenters. The third kappa shape index (κ3) is 18.2. The predicted octanol–water partition coefficient (Wildman–Crippen LogP) is 5.18. The van der Waals surface area contributed by atoms with Gasteiger partial charge in [0.25, 0.3) is 0 Å². The number of primary amides is 1. The summed E-state index contributed by atoms with van der Waals surface area (Å²) in [5.41, 5.74) is 5.91. The lowest BCUT2D eigenvalue weighted by Crippen LogP contribution is -2.35. The Morgan fingerprint density at radius 2 is 1.87 bits per heavy atom. The van der Waals surface area contributed by atoms with Crippen LogP contribution in [0.5, 0.6) is 5.75 Å². The summed E-state index contributed by atoms with van der Waals surface area (Å²) in [5, 5.41) is 3.24. The normalized spacial score (nSPS) is 10.7. The summed E-state index contributed by atoms with van der Waals surface area (Å²) >= 11 is 0. The monoisotopic (exact) mass is 426 g/mol. The van der Waals surface area contributed by atoms with Crippen LogP contribution in [0.2, 0.25) is 0 Å². The highest BCUT2D eigenvalue weighted by molar-refractivity contribution is 5.93. The van der Waals surface area contributed by atoms with Gasteiger partial charge in [-0.3, -0.25) is 4.79 Å². The second kappa shape index (κ2) is 21.8. The molecule has 0 spiro atoms. The van der Waals surface area contributed by atoms with E-state index in [0.717, 1.165) is 0 Å². The van der Waals surface area contributed by atoms with E-state index in [0.29, 0.717) is 23.5 Å². The molecule has 30 heavy (non-hydrogen) atoms. The van der Waals surface area contributed by atoms with Gasteiger partial charge >= 0.3 is 0 Å². The molecule has 1 amide bonds. The number of ether oxygens (including phenoxy) is 3. The number of hydrogen-bond acceptors (Lipinski definition) is 5. The van der Waals surface area contributed by atoms with Gasteiger partial charge in [-0.1, -0.05) is 53.2 Å². The molecule has 0 saturated heterocycles. The Balaban J connectivity index is -0.000000510. The standard InChI is InChI=1S/C13H17NO4.C7H17N.2C2H6/c1-3-7-17-12(16-2)9-18-11-6-4-5-10(8-11)13(14)15;1-5-6-7(2,3)8-4;2*1-2/h3-6,8,12H,1,7,9H2,2H3,(H2,14,15);8H,5-6H2,1-4H3;2*1-2H3. The summed E-state index contributed by atoms with van der Waals surface area (Å²) in [4.78, 5) is 11.0. The van der Waals surface area contributed by atoms with Crippen molar-refractivity contribution in [2.75, 3.05) is 27.4 Å². The van der Waals surface area contributed by atoms with E-state index in [1.54, 1.807) is 30.3 Å². The molecule has 6 nitrogen and oxygen atoms in total. The zero-order valence-corrected chi connectivity index (χ0v) is 20.7. The lowest BCUT2D eigenvalue weighted by Gasteiger charge is -2.22. The van der Waals surface area contributed by atoms with Crippen LogP contribution < -0.4 is 15.8 Å². The molecule has 0 saturated carbocycles. The van der Waals surface area contributed by atoms with Crippen LogP contribution in [-0.4, -0.2) is 45.1 Å². The van der Waals surface area contributed by atoms with Gasteiger partial charge in [0.1, 0.15) is 12.4 Å². The van der Waals surface area contributed by atoms with Crippen LogP contribution in [0.15, 0.2) is 36.9 Å². The number of carbonyl (C=O) groups excluding carboxylic acids is 1. The number of nitrogens with one attached hydrogen (secondary N) is 1. The highest BCUT2D eigenvalue weighted by atomic mass is 16.7. The maximum atomic E-state index is 11.0. The molecule has 1 aromatic rings. The van der Waals surface area contributed by atoms with E-state index in [9.17, 15) is 4.79 Å². The van der Waals surface area contributed by atoms with Crippen molar-refractivity contribution < 1.29 is 19.0 Å². The molecule has 0 aliphatic rings. The summed E-state index contributed by atoms with van der Waals surface area (Å²) in [6.07, 6.45) is 3.65. The number of amides is 1. The molecule has 176 valence electrons. The summed E-state index contributed by atoms with van der Waals surface area (Å²) < 4.78 is 15.8. The smallest absolute Gasteiger partial charge is 0.248 e. The summed E-state index contributed by atoms with van der Waals surface area (Å²) in [7, 11) is 3.53. The first kappa shape index (κ1) is 32.8. The lowest BCUT2D eigenvalue weighted by atomic mass is 10.00. The van der Waals surface area contributed by atoms with Crippen molar-refractivity contribution >= 4 is 5.91 Å². The lowest BCUT2D eigenvalue weighted by molar-refractivity contribution is -0.133. The molecule has 0 radical (unpaired) electrons.